The van der Waals surface area contributed by atoms with Gasteiger partial charge in [-0.2, -0.15) is 10.1 Å². The van der Waals surface area contributed by atoms with E-state index in [2.05, 4.69) is 10.2 Å². The van der Waals surface area contributed by atoms with Crippen molar-refractivity contribution in [1.82, 2.24) is 14.8 Å². The van der Waals surface area contributed by atoms with Gasteiger partial charge in [0.05, 0.1) is 28.6 Å². The fourth-order valence-electron chi connectivity index (χ4n) is 3.83. The number of amides is 2. The molecule has 2 amide bonds. The third kappa shape index (κ3) is 2.90. The summed E-state index contributed by atoms with van der Waals surface area (Å²) in [6.45, 7) is 3.71. The molecule has 5 rings (SSSR count). The zero-order valence-corrected chi connectivity index (χ0v) is 16.9. The summed E-state index contributed by atoms with van der Waals surface area (Å²) >= 11 is 0. The first kappa shape index (κ1) is 18.7. The van der Waals surface area contributed by atoms with E-state index in [1.165, 1.54) is 10.9 Å². The van der Waals surface area contributed by atoms with Crippen LogP contribution in [-0.2, 0) is 0 Å². The number of nitrogens with one attached hydrogen (secondary N) is 1. The molecule has 152 valence electrons. The molecule has 0 fully saturated rings. The highest BCUT2D eigenvalue weighted by Gasteiger charge is 2.32. The lowest BCUT2D eigenvalue weighted by molar-refractivity contribution is 0.0616. The zero-order chi connectivity index (χ0) is 21.7. The van der Waals surface area contributed by atoms with Gasteiger partial charge in [-0.1, -0.05) is 42.0 Å². The van der Waals surface area contributed by atoms with Crippen molar-refractivity contribution in [3.63, 3.8) is 0 Å². The van der Waals surface area contributed by atoms with Gasteiger partial charge in [0.15, 0.2) is 0 Å². The molecule has 0 bridgehead atoms. The summed E-state index contributed by atoms with van der Waals surface area (Å²) in [7, 11) is 0. The molecular weight excluding hydrogens is 392 g/mol. The van der Waals surface area contributed by atoms with Crippen molar-refractivity contribution >= 4 is 28.8 Å². The van der Waals surface area contributed by atoms with Crippen molar-refractivity contribution in [2.75, 3.05) is 0 Å². The molecule has 0 aliphatic carbocycles. The van der Waals surface area contributed by atoms with E-state index in [-0.39, 0.29) is 11.1 Å². The van der Waals surface area contributed by atoms with E-state index in [4.69, 9.17) is 0 Å². The van der Waals surface area contributed by atoms with E-state index in [0.29, 0.717) is 27.9 Å². The van der Waals surface area contributed by atoms with Crippen molar-refractivity contribution in [2.45, 2.75) is 13.8 Å². The minimum atomic E-state index is -0.516. The molecule has 4 aromatic rings. The van der Waals surface area contributed by atoms with Gasteiger partial charge in [0.2, 0.25) is 0 Å². The summed E-state index contributed by atoms with van der Waals surface area (Å²) in [5.74, 6) is -1.03. The van der Waals surface area contributed by atoms with Crippen molar-refractivity contribution in [3.8, 4) is 5.69 Å². The molecule has 7 nitrogen and oxygen atoms in total. The van der Waals surface area contributed by atoms with E-state index < -0.39 is 11.8 Å². The number of imide groups is 1. The molecule has 0 radical (unpaired) electrons. The molecule has 31 heavy (non-hydrogen) atoms. The maximum Gasteiger partial charge on any atom is 0.282 e. The average molecular weight is 410 g/mol. The van der Waals surface area contributed by atoms with Crippen LogP contribution in [0.4, 0.5) is 0 Å². The summed E-state index contributed by atoms with van der Waals surface area (Å²) < 4.78 is 1.41. The highest BCUT2D eigenvalue weighted by atomic mass is 16.2. The molecule has 1 N–H and O–H groups in total. The first-order valence-electron chi connectivity index (χ1n) is 9.79. The lowest BCUT2D eigenvalue weighted by Gasteiger charge is -2.22. The number of aryl methyl sites for hydroxylation is 2. The van der Waals surface area contributed by atoms with Crippen LogP contribution >= 0.6 is 0 Å². The molecular formula is C24H18N4O3. The second kappa shape index (κ2) is 6.91. The van der Waals surface area contributed by atoms with Crippen LogP contribution in [0.1, 0.15) is 37.5 Å². The molecule has 0 atom stereocenters. The summed E-state index contributed by atoms with van der Waals surface area (Å²) in [6, 6.07) is 18.1. The number of carbonyl (C=O) groups excluding carboxylic acids is 2. The molecule has 2 heterocycles. The van der Waals surface area contributed by atoms with Crippen LogP contribution in [0.25, 0.3) is 16.5 Å². The summed E-state index contributed by atoms with van der Waals surface area (Å²) in [4.78, 5) is 38.8. The lowest BCUT2D eigenvalue weighted by Crippen LogP contribution is -2.36. The van der Waals surface area contributed by atoms with E-state index in [9.17, 15) is 14.4 Å². The number of hydrogen-bond donors (Lipinski definition) is 1. The number of aromatic amines is 1. The predicted molar refractivity (Wildman–Crippen MR) is 118 cm³/mol. The van der Waals surface area contributed by atoms with Crippen molar-refractivity contribution in [3.05, 3.63) is 99.0 Å². The number of hydrazone groups is 1. The monoisotopic (exact) mass is 410 g/mol. The van der Waals surface area contributed by atoms with Crippen LogP contribution in [0.2, 0.25) is 0 Å². The smallest absolute Gasteiger partial charge is 0.282 e. The Labute approximate surface area is 177 Å². The van der Waals surface area contributed by atoms with Crippen LogP contribution in [0, 0.1) is 13.8 Å². The zero-order valence-electron chi connectivity index (χ0n) is 16.9. The summed E-state index contributed by atoms with van der Waals surface area (Å²) in [5, 5.41) is 9.41. The predicted octanol–water partition coefficient (Wildman–Crippen LogP) is 3.57. The highest BCUT2D eigenvalue weighted by molar-refractivity contribution is 6.25. The van der Waals surface area contributed by atoms with Crippen LogP contribution in [0.3, 0.4) is 0 Å². The SMILES string of the molecule is Cc1ccc(-n2[nH]c(C)c(/C=N/N3C(=O)c4cccc5cccc(c45)C3=O)c2=O)cc1. The van der Waals surface area contributed by atoms with Gasteiger partial charge in [-0.05, 0) is 43.5 Å². The van der Waals surface area contributed by atoms with Gasteiger partial charge in [-0.3, -0.25) is 19.5 Å². The Kier molecular flexibility index (Phi) is 4.18. The standard InChI is InChI=1S/C24H18N4O3/c1-14-9-11-17(12-10-14)27-24(31)20(15(2)26-27)13-25-28-22(29)18-7-3-5-16-6-4-8-19(21(16)18)23(28)30/h3-13,26H,1-2H3/b25-13+. The molecule has 1 aromatic heterocycles. The lowest BCUT2D eigenvalue weighted by atomic mass is 9.95. The topological polar surface area (TPSA) is 87.5 Å². The summed E-state index contributed by atoms with van der Waals surface area (Å²) in [6.07, 6.45) is 1.27. The van der Waals surface area contributed by atoms with Gasteiger partial charge < -0.3 is 0 Å². The Hall–Kier alpha value is -4.26. The largest absolute Gasteiger partial charge is 0.295 e. The van der Waals surface area contributed by atoms with Gasteiger partial charge in [0.25, 0.3) is 17.4 Å². The van der Waals surface area contributed by atoms with Gasteiger partial charge in [0.1, 0.15) is 0 Å². The fraction of sp³-hybridized carbons (Fsp3) is 0.0833. The Bertz CT molecular complexity index is 1410. The second-order valence-electron chi connectivity index (χ2n) is 7.50. The number of benzene rings is 3. The van der Waals surface area contributed by atoms with E-state index >= 15 is 0 Å². The molecule has 0 spiro atoms. The van der Waals surface area contributed by atoms with E-state index in [1.54, 1.807) is 31.2 Å². The number of rotatable bonds is 3. The van der Waals surface area contributed by atoms with Crippen LogP contribution in [-0.4, -0.2) is 32.8 Å². The summed E-state index contributed by atoms with van der Waals surface area (Å²) in [5.41, 5.74) is 3.13. The molecule has 7 heteroatoms. The normalized spacial score (nSPS) is 13.5. The van der Waals surface area contributed by atoms with E-state index in [0.717, 1.165) is 16.0 Å². The first-order chi connectivity index (χ1) is 15.0. The average Bonchev–Trinajstić information content (AvgIpc) is 3.06. The Morgan fingerprint density at radius 2 is 1.45 bits per heavy atom. The molecule has 1 aliphatic heterocycles. The molecule has 0 saturated carbocycles. The number of aromatic nitrogens is 2. The minimum Gasteiger partial charge on any atom is -0.295 e. The van der Waals surface area contributed by atoms with Crippen LogP contribution < -0.4 is 5.56 Å². The van der Waals surface area contributed by atoms with Crippen LogP contribution in [0.15, 0.2) is 70.6 Å². The second-order valence-corrected chi connectivity index (χ2v) is 7.50. The Morgan fingerprint density at radius 1 is 0.839 bits per heavy atom. The molecule has 1 aliphatic rings. The third-order valence-electron chi connectivity index (χ3n) is 5.46. The quantitative estimate of drug-likeness (QED) is 0.414. The van der Waals surface area contributed by atoms with Crippen molar-refractivity contribution in [2.24, 2.45) is 5.10 Å². The maximum atomic E-state index is 13.0. The van der Waals surface area contributed by atoms with Gasteiger partial charge in [0, 0.05) is 11.1 Å². The third-order valence-corrected chi connectivity index (χ3v) is 5.46. The number of H-pyrrole nitrogens is 1. The van der Waals surface area contributed by atoms with Crippen molar-refractivity contribution in [1.29, 1.82) is 0 Å². The number of nitrogens with zero attached hydrogens (tertiary/aromatic N) is 3. The van der Waals surface area contributed by atoms with Gasteiger partial charge >= 0.3 is 0 Å². The first-order valence-corrected chi connectivity index (χ1v) is 9.79. The van der Waals surface area contributed by atoms with Gasteiger partial charge in [-0.25, -0.2) is 4.68 Å². The number of hydrogen-bond acceptors (Lipinski definition) is 4. The van der Waals surface area contributed by atoms with Gasteiger partial charge in [-0.15, -0.1) is 0 Å². The minimum absolute atomic E-state index is 0.276. The van der Waals surface area contributed by atoms with E-state index in [1.807, 2.05) is 43.3 Å². The molecule has 0 saturated heterocycles. The number of carbonyl (C=O) groups is 2. The fourth-order valence-corrected chi connectivity index (χ4v) is 3.83. The Morgan fingerprint density at radius 3 is 2.06 bits per heavy atom. The Balaban J connectivity index is 1.55. The maximum absolute atomic E-state index is 13.0. The highest BCUT2D eigenvalue weighted by Crippen LogP contribution is 2.30. The van der Waals surface area contributed by atoms with Crippen molar-refractivity contribution < 1.29 is 9.59 Å². The van der Waals surface area contributed by atoms with Crippen LogP contribution in [0.5, 0.6) is 0 Å². The molecule has 0 unspecified atom stereocenters. The molecule has 3 aromatic carbocycles.